The van der Waals surface area contributed by atoms with E-state index in [-0.39, 0.29) is 17.4 Å². The van der Waals surface area contributed by atoms with Crippen molar-refractivity contribution in [2.24, 2.45) is 0 Å². The van der Waals surface area contributed by atoms with Gasteiger partial charge in [-0.15, -0.1) is 0 Å². The highest BCUT2D eigenvalue weighted by atomic mass is 32.2. The molecule has 1 heterocycles. The molecule has 118 valence electrons. The molecule has 1 aromatic carbocycles. The third kappa shape index (κ3) is 3.98. The molecule has 0 spiro atoms. The number of nitrogens with zero attached hydrogens (tertiary/aromatic N) is 1. The van der Waals surface area contributed by atoms with Crippen LogP contribution >= 0.6 is 0 Å². The maximum absolute atomic E-state index is 12.2. The van der Waals surface area contributed by atoms with E-state index in [0.717, 1.165) is 0 Å². The van der Waals surface area contributed by atoms with Crippen LogP contribution in [0.15, 0.2) is 24.3 Å². The Morgan fingerprint density at radius 2 is 2.05 bits per heavy atom. The van der Waals surface area contributed by atoms with Gasteiger partial charge in [0, 0.05) is 0 Å². The molecule has 1 saturated heterocycles. The lowest BCUT2D eigenvalue weighted by Gasteiger charge is -2.26. The molecule has 1 aliphatic heterocycles. The number of benzene rings is 1. The number of nitrogens with one attached hydrogen (secondary N) is 1. The average Bonchev–Trinajstić information content (AvgIpc) is 2.73. The summed E-state index contributed by atoms with van der Waals surface area (Å²) in [4.78, 5) is 12.2. The maximum atomic E-state index is 12.2. The first-order chi connectivity index (χ1) is 10.2. The molecular weight excluding hydrogens is 304 g/mol. The zero-order chi connectivity index (χ0) is 16.4. The van der Waals surface area contributed by atoms with E-state index in [1.165, 1.54) is 0 Å². The normalized spacial score (nSPS) is 24.2. The second-order valence-electron chi connectivity index (χ2n) is 5.79. The molecule has 0 radical (unpaired) electrons. The van der Waals surface area contributed by atoms with Crippen molar-refractivity contribution in [3.05, 3.63) is 29.8 Å². The van der Waals surface area contributed by atoms with Gasteiger partial charge in [0.2, 0.25) is 0 Å². The Balaban J connectivity index is 1.96. The molecule has 2 atom stereocenters. The van der Waals surface area contributed by atoms with E-state index in [1.807, 2.05) is 6.07 Å². The van der Waals surface area contributed by atoms with Crippen molar-refractivity contribution in [2.45, 2.75) is 31.9 Å². The summed E-state index contributed by atoms with van der Waals surface area (Å²) in [5, 5.41) is 11.5. The topological polar surface area (TPSA) is 96.3 Å². The summed E-state index contributed by atoms with van der Waals surface area (Å²) < 4.78 is 28.6. The Morgan fingerprint density at radius 3 is 2.55 bits per heavy atom. The van der Waals surface area contributed by atoms with Gasteiger partial charge < -0.3 is 10.1 Å². The molecule has 6 nitrogen and oxygen atoms in total. The minimum absolute atomic E-state index is 0.0463. The number of hydrogen-bond donors (Lipinski definition) is 1. The quantitative estimate of drug-likeness (QED) is 0.892. The van der Waals surface area contributed by atoms with Gasteiger partial charge >= 0.3 is 0 Å². The second-order valence-corrected chi connectivity index (χ2v) is 7.97. The zero-order valence-corrected chi connectivity index (χ0v) is 13.3. The van der Waals surface area contributed by atoms with Crippen LogP contribution in [0.4, 0.5) is 0 Å². The molecule has 7 heteroatoms. The number of amides is 1. The summed E-state index contributed by atoms with van der Waals surface area (Å²) in [6.45, 7) is 3.32. The van der Waals surface area contributed by atoms with Crippen LogP contribution in [-0.2, 0) is 14.6 Å². The molecule has 1 amide bonds. The Morgan fingerprint density at radius 1 is 1.41 bits per heavy atom. The largest absolute Gasteiger partial charge is 0.481 e. The first-order valence-electron chi connectivity index (χ1n) is 6.92. The van der Waals surface area contributed by atoms with E-state index in [1.54, 1.807) is 38.1 Å². The fourth-order valence-electron chi connectivity index (χ4n) is 2.37. The lowest BCUT2D eigenvalue weighted by molar-refractivity contribution is -0.128. The molecule has 0 aromatic heterocycles. The van der Waals surface area contributed by atoms with Gasteiger partial charge in [0.05, 0.1) is 28.7 Å². The lowest BCUT2D eigenvalue weighted by Crippen LogP contribution is -2.51. The van der Waals surface area contributed by atoms with E-state index in [0.29, 0.717) is 17.7 Å². The first kappa shape index (κ1) is 16.3. The van der Waals surface area contributed by atoms with Gasteiger partial charge in [-0.25, -0.2) is 8.42 Å². The van der Waals surface area contributed by atoms with Crippen LogP contribution in [0.1, 0.15) is 25.8 Å². The number of carbonyl (C=O) groups is 1. The van der Waals surface area contributed by atoms with Gasteiger partial charge in [-0.3, -0.25) is 4.79 Å². The van der Waals surface area contributed by atoms with Crippen molar-refractivity contribution in [1.82, 2.24) is 5.32 Å². The molecule has 1 aromatic rings. The third-order valence-electron chi connectivity index (χ3n) is 3.59. The summed E-state index contributed by atoms with van der Waals surface area (Å²) in [6.07, 6.45) is -0.349. The number of hydrogen-bond acceptors (Lipinski definition) is 5. The first-order valence-corrected chi connectivity index (χ1v) is 8.74. The standard InChI is InChI=1S/C15H18N2O4S/c1-11(21-13-5-3-12(9-16)4-6-13)14(18)17-15(2)7-8-22(19,20)10-15/h3-6,11H,7-8,10H2,1-2H3,(H,17,18). The molecule has 1 fully saturated rings. The highest BCUT2D eigenvalue weighted by Crippen LogP contribution is 2.23. The van der Waals surface area contributed by atoms with Crippen LogP contribution in [0.3, 0.4) is 0 Å². The Kier molecular flexibility index (Phi) is 4.42. The fourth-order valence-corrected chi connectivity index (χ4v) is 4.47. The summed E-state index contributed by atoms with van der Waals surface area (Å²) >= 11 is 0. The minimum Gasteiger partial charge on any atom is -0.481 e. The van der Waals surface area contributed by atoms with Crippen molar-refractivity contribution in [3.63, 3.8) is 0 Å². The van der Waals surface area contributed by atoms with Crippen molar-refractivity contribution in [1.29, 1.82) is 5.26 Å². The lowest BCUT2D eigenvalue weighted by atomic mass is 10.0. The summed E-state index contributed by atoms with van der Waals surface area (Å²) in [7, 11) is -3.08. The van der Waals surface area contributed by atoms with E-state index in [2.05, 4.69) is 5.32 Å². The minimum atomic E-state index is -3.08. The SMILES string of the molecule is CC(Oc1ccc(C#N)cc1)C(=O)NC1(C)CCS(=O)(=O)C1. The van der Waals surface area contributed by atoms with E-state index < -0.39 is 21.5 Å². The van der Waals surface area contributed by atoms with Gasteiger partial charge in [0.15, 0.2) is 15.9 Å². The Labute approximate surface area is 130 Å². The smallest absolute Gasteiger partial charge is 0.261 e. The number of sulfone groups is 1. The van der Waals surface area contributed by atoms with Crippen LogP contribution in [0.2, 0.25) is 0 Å². The molecule has 22 heavy (non-hydrogen) atoms. The monoisotopic (exact) mass is 322 g/mol. The second kappa shape index (κ2) is 5.97. The summed E-state index contributed by atoms with van der Waals surface area (Å²) in [5.74, 6) is 0.166. The highest BCUT2D eigenvalue weighted by molar-refractivity contribution is 7.91. The number of rotatable bonds is 4. The molecule has 1 aliphatic rings. The van der Waals surface area contributed by atoms with Crippen molar-refractivity contribution < 1.29 is 17.9 Å². The van der Waals surface area contributed by atoms with Crippen LogP contribution in [0, 0.1) is 11.3 Å². The summed E-state index contributed by atoms with van der Waals surface area (Å²) in [6, 6.07) is 8.43. The van der Waals surface area contributed by atoms with E-state index in [4.69, 9.17) is 10.00 Å². The maximum Gasteiger partial charge on any atom is 0.261 e. The molecule has 2 unspecified atom stereocenters. The van der Waals surface area contributed by atoms with Crippen LogP contribution in [0.25, 0.3) is 0 Å². The highest BCUT2D eigenvalue weighted by Gasteiger charge is 2.40. The predicted molar refractivity (Wildman–Crippen MR) is 81.1 cm³/mol. The summed E-state index contributed by atoms with van der Waals surface area (Å²) in [5.41, 5.74) is -0.230. The van der Waals surface area contributed by atoms with Crippen LogP contribution in [0.5, 0.6) is 5.75 Å². The van der Waals surface area contributed by atoms with Crippen molar-refractivity contribution >= 4 is 15.7 Å². The van der Waals surface area contributed by atoms with Crippen molar-refractivity contribution in [3.8, 4) is 11.8 Å². The molecule has 2 rings (SSSR count). The average molecular weight is 322 g/mol. The van der Waals surface area contributed by atoms with Crippen LogP contribution in [-0.4, -0.2) is 37.5 Å². The van der Waals surface area contributed by atoms with Gasteiger partial charge in [-0.1, -0.05) is 0 Å². The van der Waals surface area contributed by atoms with Gasteiger partial charge in [-0.05, 0) is 44.5 Å². The van der Waals surface area contributed by atoms with Gasteiger partial charge in [0.1, 0.15) is 5.75 Å². The fraction of sp³-hybridized carbons (Fsp3) is 0.467. The Bertz CT molecular complexity index is 706. The van der Waals surface area contributed by atoms with Crippen molar-refractivity contribution in [2.75, 3.05) is 11.5 Å². The predicted octanol–water partition coefficient (Wildman–Crippen LogP) is 1.02. The molecular formula is C15H18N2O4S. The number of carbonyl (C=O) groups excluding carboxylic acids is 1. The molecule has 0 aliphatic carbocycles. The molecule has 1 N–H and O–H groups in total. The number of ether oxygens (including phenoxy) is 1. The number of nitriles is 1. The molecule has 0 bridgehead atoms. The zero-order valence-electron chi connectivity index (χ0n) is 12.5. The third-order valence-corrected chi connectivity index (χ3v) is 5.50. The van der Waals surface area contributed by atoms with E-state index in [9.17, 15) is 13.2 Å². The molecule has 0 saturated carbocycles. The Hall–Kier alpha value is -2.07. The van der Waals surface area contributed by atoms with Crippen LogP contribution < -0.4 is 10.1 Å². The van der Waals surface area contributed by atoms with Gasteiger partial charge in [0.25, 0.3) is 5.91 Å². The van der Waals surface area contributed by atoms with Gasteiger partial charge in [-0.2, -0.15) is 5.26 Å². The van der Waals surface area contributed by atoms with E-state index >= 15 is 0 Å².